The topological polar surface area (TPSA) is 80.4 Å². The van der Waals surface area contributed by atoms with Crippen LogP contribution in [0.4, 0.5) is 5.69 Å². The molecule has 0 unspecified atom stereocenters. The molecule has 0 radical (unpaired) electrons. The average Bonchev–Trinajstić information content (AvgIpc) is 2.61. The lowest BCUT2D eigenvalue weighted by Gasteiger charge is -2.09. The molecule has 0 saturated heterocycles. The van der Waals surface area contributed by atoms with Crippen LogP contribution in [0.3, 0.4) is 0 Å². The summed E-state index contributed by atoms with van der Waals surface area (Å²) >= 11 is 0. The van der Waals surface area contributed by atoms with Gasteiger partial charge in [0.25, 0.3) is 5.91 Å². The molecule has 1 heterocycles. The van der Waals surface area contributed by atoms with Crippen molar-refractivity contribution >= 4 is 22.5 Å². The molecule has 2 N–H and O–H groups in total. The summed E-state index contributed by atoms with van der Waals surface area (Å²) < 4.78 is 10.3. The number of anilines is 1. The first kappa shape index (κ1) is 16.7. The first-order valence-electron chi connectivity index (χ1n) is 7.71. The lowest BCUT2D eigenvalue weighted by Crippen LogP contribution is -2.12. The van der Waals surface area contributed by atoms with Gasteiger partial charge in [0.15, 0.2) is 0 Å². The van der Waals surface area contributed by atoms with E-state index in [1.807, 2.05) is 6.07 Å². The van der Waals surface area contributed by atoms with Crippen LogP contribution in [0.5, 0.6) is 5.75 Å². The molecule has 1 amide bonds. The van der Waals surface area contributed by atoms with E-state index >= 15 is 0 Å². The first-order chi connectivity index (χ1) is 12.1. The van der Waals surface area contributed by atoms with Gasteiger partial charge in [0.05, 0.1) is 19.2 Å². The normalized spacial score (nSPS) is 10.6. The molecule has 3 rings (SSSR count). The third-order valence-corrected chi connectivity index (χ3v) is 3.82. The lowest BCUT2D eigenvalue weighted by molar-refractivity contribution is 0.102. The standard InChI is InChI=1S/C19H18N2O4/c1-24-11-13-9-18(22)21-17-10-14(6-7-16(13)17)20-19(23)12-4-3-5-15(8-12)25-2/h3-10H,11H2,1-2H3,(H,20,23)(H,21,22). The number of amides is 1. The van der Waals surface area contributed by atoms with Crippen LogP contribution in [0.25, 0.3) is 10.9 Å². The van der Waals surface area contributed by atoms with Gasteiger partial charge in [-0.15, -0.1) is 0 Å². The second-order valence-electron chi connectivity index (χ2n) is 5.54. The van der Waals surface area contributed by atoms with E-state index in [0.29, 0.717) is 29.1 Å². The molecule has 3 aromatic rings. The minimum atomic E-state index is -0.256. The van der Waals surface area contributed by atoms with Crippen molar-refractivity contribution in [2.24, 2.45) is 0 Å². The molecule has 128 valence electrons. The highest BCUT2D eigenvalue weighted by Gasteiger charge is 2.09. The number of aromatic amines is 1. The van der Waals surface area contributed by atoms with E-state index in [1.54, 1.807) is 50.6 Å². The highest BCUT2D eigenvalue weighted by atomic mass is 16.5. The van der Waals surface area contributed by atoms with Gasteiger partial charge in [0, 0.05) is 29.8 Å². The summed E-state index contributed by atoms with van der Waals surface area (Å²) in [6, 6.07) is 13.8. The summed E-state index contributed by atoms with van der Waals surface area (Å²) in [4.78, 5) is 27.0. The summed E-state index contributed by atoms with van der Waals surface area (Å²) in [5.41, 5.74) is 2.30. The minimum absolute atomic E-state index is 0.212. The first-order valence-corrected chi connectivity index (χ1v) is 7.71. The van der Waals surface area contributed by atoms with Crippen molar-refractivity contribution in [3.63, 3.8) is 0 Å². The van der Waals surface area contributed by atoms with E-state index in [0.717, 1.165) is 10.9 Å². The van der Waals surface area contributed by atoms with Crippen molar-refractivity contribution in [3.05, 3.63) is 70.0 Å². The second kappa shape index (κ2) is 7.19. The van der Waals surface area contributed by atoms with E-state index in [2.05, 4.69) is 10.3 Å². The molecule has 25 heavy (non-hydrogen) atoms. The third kappa shape index (κ3) is 3.70. The Hall–Kier alpha value is -3.12. The Morgan fingerprint density at radius 1 is 1.12 bits per heavy atom. The molecule has 1 aromatic heterocycles. The fourth-order valence-electron chi connectivity index (χ4n) is 2.65. The zero-order valence-electron chi connectivity index (χ0n) is 14.0. The number of carbonyl (C=O) groups is 1. The number of rotatable bonds is 5. The Balaban J connectivity index is 1.91. The fourth-order valence-corrected chi connectivity index (χ4v) is 2.65. The number of ether oxygens (including phenoxy) is 2. The van der Waals surface area contributed by atoms with Gasteiger partial charge in [-0.2, -0.15) is 0 Å². The quantitative estimate of drug-likeness (QED) is 0.749. The largest absolute Gasteiger partial charge is 0.497 e. The van der Waals surface area contributed by atoms with Crippen LogP contribution in [0.15, 0.2) is 53.3 Å². The number of nitrogens with one attached hydrogen (secondary N) is 2. The predicted octanol–water partition coefficient (Wildman–Crippen LogP) is 2.94. The van der Waals surface area contributed by atoms with Crippen molar-refractivity contribution in [3.8, 4) is 5.75 Å². The van der Waals surface area contributed by atoms with Crippen LogP contribution < -0.4 is 15.6 Å². The summed E-state index contributed by atoms with van der Waals surface area (Å²) in [5.74, 6) is 0.355. The minimum Gasteiger partial charge on any atom is -0.497 e. The monoisotopic (exact) mass is 338 g/mol. The number of H-pyrrole nitrogens is 1. The summed E-state index contributed by atoms with van der Waals surface area (Å²) in [7, 11) is 3.13. The number of fused-ring (bicyclic) bond motifs is 1. The second-order valence-corrected chi connectivity index (χ2v) is 5.54. The molecular formula is C19H18N2O4. The van der Waals surface area contributed by atoms with Crippen LogP contribution in [-0.2, 0) is 11.3 Å². The molecular weight excluding hydrogens is 320 g/mol. The molecule has 0 fully saturated rings. The lowest BCUT2D eigenvalue weighted by atomic mass is 10.1. The van der Waals surface area contributed by atoms with E-state index < -0.39 is 0 Å². The number of carbonyl (C=O) groups excluding carboxylic acids is 1. The van der Waals surface area contributed by atoms with Crippen LogP contribution in [0, 0.1) is 0 Å². The van der Waals surface area contributed by atoms with Gasteiger partial charge < -0.3 is 19.8 Å². The van der Waals surface area contributed by atoms with Gasteiger partial charge in [0.1, 0.15) is 5.75 Å². The molecule has 0 saturated carbocycles. The molecule has 6 heteroatoms. The van der Waals surface area contributed by atoms with Gasteiger partial charge >= 0.3 is 0 Å². The maximum Gasteiger partial charge on any atom is 0.255 e. The molecule has 0 aliphatic heterocycles. The third-order valence-electron chi connectivity index (χ3n) is 3.82. The van der Waals surface area contributed by atoms with Crippen LogP contribution in [0.2, 0.25) is 0 Å². The predicted molar refractivity (Wildman–Crippen MR) is 96.2 cm³/mol. The highest BCUT2D eigenvalue weighted by Crippen LogP contribution is 2.21. The van der Waals surface area contributed by atoms with Gasteiger partial charge in [-0.25, -0.2) is 0 Å². The number of benzene rings is 2. The van der Waals surface area contributed by atoms with E-state index in [1.165, 1.54) is 6.07 Å². The van der Waals surface area contributed by atoms with Crippen molar-refractivity contribution in [2.75, 3.05) is 19.5 Å². The Morgan fingerprint density at radius 2 is 1.96 bits per heavy atom. The highest BCUT2D eigenvalue weighted by molar-refractivity contribution is 6.05. The fraction of sp³-hybridized carbons (Fsp3) is 0.158. The van der Waals surface area contributed by atoms with Crippen LogP contribution >= 0.6 is 0 Å². The molecule has 2 aromatic carbocycles. The molecule has 0 aliphatic carbocycles. The molecule has 6 nitrogen and oxygen atoms in total. The Labute approximate surface area is 144 Å². The van der Waals surface area contributed by atoms with E-state index in [-0.39, 0.29) is 11.5 Å². The van der Waals surface area contributed by atoms with Gasteiger partial charge in [-0.3, -0.25) is 9.59 Å². The van der Waals surface area contributed by atoms with E-state index in [4.69, 9.17) is 9.47 Å². The van der Waals surface area contributed by atoms with Crippen molar-refractivity contribution in [1.82, 2.24) is 4.98 Å². The molecule has 0 spiro atoms. The van der Waals surface area contributed by atoms with Gasteiger partial charge in [-0.1, -0.05) is 12.1 Å². The Bertz CT molecular complexity index is 979. The maximum atomic E-state index is 12.4. The van der Waals surface area contributed by atoms with Crippen LogP contribution in [-0.4, -0.2) is 25.1 Å². The SMILES string of the molecule is COCc1cc(=O)[nH]c2cc(NC(=O)c3cccc(OC)c3)ccc12. The van der Waals surface area contributed by atoms with E-state index in [9.17, 15) is 9.59 Å². The summed E-state index contributed by atoms with van der Waals surface area (Å²) in [5, 5.41) is 3.70. The Morgan fingerprint density at radius 3 is 2.72 bits per heavy atom. The zero-order valence-corrected chi connectivity index (χ0v) is 14.0. The number of hydrogen-bond acceptors (Lipinski definition) is 4. The number of hydrogen-bond donors (Lipinski definition) is 2. The summed E-state index contributed by atoms with van der Waals surface area (Å²) in [6.45, 7) is 0.343. The Kier molecular flexibility index (Phi) is 4.81. The van der Waals surface area contributed by atoms with Crippen LogP contribution in [0.1, 0.15) is 15.9 Å². The molecule has 0 atom stereocenters. The average molecular weight is 338 g/mol. The molecule has 0 aliphatic rings. The smallest absolute Gasteiger partial charge is 0.255 e. The van der Waals surface area contributed by atoms with Gasteiger partial charge in [0.2, 0.25) is 5.56 Å². The molecule has 0 bridgehead atoms. The van der Waals surface area contributed by atoms with Crippen molar-refractivity contribution in [1.29, 1.82) is 0 Å². The van der Waals surface area contributed by atoms with Crippen molar-refractivity contribution < 1.29 is 14.3 Å². The maximum absolute atomic E-state index is 12.4. The number of pyridine rings is 1. The summed E-state index contributed by atoms with van der Waals surface area (Å²) in [6.07, 6.45) is 0. The number of aromatic nitrogens is 1. The zero-order chi connectivity index (χ0) is 17.8. The van der Waals surface area contributed by atoms with Gasteiger partial charge in [-0.05, 0) is 35.9 Å². The number of methoxy groups -OCH3 is 2. The van der Waals surface area contributed by atoms with Crippen molar-refractivity contribution in [2.45, 2.75) is 6.61 Å².